The van der Waals surface area contributed by atoms with Crippen molar-refractivity contribution in [2.75, 3.05) is 0 Å². The summed E-state index contributed by atoms with van der Waals surface area (Å²) < 4.78 is 0. The van der Waals surface area contributed by atoms with Crippen LogP contribution in [0.1, 0.15) is 34.8 Å². The van der Waals surface area contributed by atoms with Crippen LogP contribution in [0.2, 0.25) is 0 Å². The van der Waals surface area contributed by atoms with Crippen molar-refractivity contribution in [2.45, 2.75) is 18.8 Å². The van der Waals surface area contributed by atoms with Gasteiger partial charge in [-0.1, -0.05) is 0 Å². The third-order valence-electron chi connectivity index (χ3n) is 2.80. The standard InChI is InChI=1S/C11H10N2O2/c14-11(15)7-3-4-12-10-8(7)5-9(13-10)6-1-2-6/h3-6H,1-2H2,(H,12,13)(H,14,15). The number of aromatic amines is 1. The molecule has 0 unspecified atom stereocenters. The molecule has 2 aromatic rings. The summed E-state index contributed by atoms with van der Waals surface area (Å²) in [5.41, 5.74) is 2.12. The van der Waals surface area contributed by atoms with E-state index in [9.17, 15) is 4.79 Å². The van der Waals surface area contributed by atoms with Crippen molar-refractivity contribution >= 4 is 17.0 Å². The Labute approximate surface area is 86.0 Å². The molecule has 76 valence electrons. The molecule has 0 aromatic carbocycles. The van der Waals surface area contributed by atoms with Gasteiger partial charge in [0.05, 0.1) is 5.56 Å². The van der Waals surface area contributed by atoms with Crippen LogP contribution >= 0.6 is 0 Å². The normalized spacial score (nSPS) is 15.7. The van der Waals surface area contributed by atoms with Crippen molar-refractivity contribution in [3.8, 4) is 0 Å². The van der Waals surface area contributed by atoms with E-state index in [-0.39, 0.29) is 0 Å². The first-order valence-electron chi connectivity index (χ1n) is 4.96. The van der Waals surface area contributed by atoms with E-state index < -0.39 is 5.97 Å². The number of aromatic nitrogens is 2. The molecule has 0 bridgehead atoms. The maximum Gasteiger partial charge on any atom is 0.336 e. The van der Waals surface area contributed by atoms with E-state index in [1.54, 1.807) is 0 Å². The minimum Gasteiger partial charge on any atom is -0.478 e. The van der Waals surface area contributed by atoms with Gasteiger partial charge in [0.2, 0.25) is 0 Å². The Morgan fingerprint density at radius 3 is 3.00 bits per heavy atom. The number of carbonyl (C=O) groups is 1. The lowest BCUT2D eigenvalue weighted by Gasteiger charge is -1.94. The van der Waals surface area contributed by atoms with E-state index in [1.165, 1.54) is 25.1 Å². The van der Waals surface area contributed by atoms with Gasteiger partial charge in [0, 0.05) is 17.3 Å². The first kappa shape index (κ1) is 8.47. The van der Waals surface area contributed by atoms with Crippen molar-refractivity contribution in [2.24, 2.45) is 0 Å². The number of nitrogens with zero attached hydrogens (tertiary/aromatic N) is 1. The number of rotatable bonds is 2. The summed E-state index contributed by atoms with van der Waals surface area (Å²) >= 11 is 0. The molecular weight excluding hydrogens is 192 g/mol. The third-order valence-corrected chi connectivity index (χ3v) is 2.80. The minimum atomic E-state index is -0.899. The van der Waals surface area contributed by atoms with Gasteiger partial charge in [-0.05, 0) is 30.9 Å². The molecule has 2 N–H and O–H groups in total. The maximum absolute atomic E-state index is 11.0. The Bertz CT molecular complexity index is 541. The van der Waals surface area contributed by atoms with Crippen molar-refractivity contribution in [1.82, 2.24) is 9.97 Å². The highest BCUT2D eigenvalue weighted by molar-refractivity contribution is 6.01. The van der Waals surface area contributed by atoms with Gasteiger partial charge in [-0.3, -0.25) is 0 Å². The van der Waals surface area contributed by atoms with Gasteiger partial charge in [-0.2, -0.15) is 0 Å². The average molecular weight is 202 g/mol. The summed E-state index contributed by atoms with van der Waals surface area (Å²) in [6.07, 6.45) is 3.91. The zero-order valence-electron chi connectivity index (χ0n) is 8.03. The molecule has 2 heterocycles. The lowest BCUT2D eigenvalue weighted by atomic mass is 10.2. The third kappa shape index (κ3) is 1.29. The lowest BCUT2D eigenvalue weighted by molar-refractivity contribution is 0.0699. The number of H-pyrrole nitrogens is 1. The van der Waals surface area contributed by atoms with Crippen LogP contribution in [0.4, 0.5) is 0 Å². The molecule has 1 aliphatic rings. The van der Waals surface area contributed by atoms with Gasteiger partial charge in [0.25, 0.3) is 0 Å². The Balaban J connectivity index is 2.23. The van der Waals surface area contributed by atoms with Gasteiger partial charge in [0.1, 0.15) is 5.65 Å². The van der Waals surface area contributed by atoms with Crippen LogP contribution in [0.5, 0.6) is 0 Å². The van der Waals surface area contributed by atoms with Crippen LogP contribution in [0.3, 0.4) is 0 Å². The second-order valence-electron chi connectivity index (χ2n) is 3.92. The molecule has 3 rings (SSSR count). The smallest absolute Gasteiger partial charge is 0.336 e. The van der Waals surface area contributed by atoms with Crippen molar-refractivity contribution in [3.05, 3.63) is 29.6 Å². The molecule has 0 amide bonds. The maximum atomic E-state index is 11.0. The molecule has 4 nitrogen and oxygen atoms in total. The van der Waals surface area contributed by atoms with Crippen molar-refractivity contribution < 1.29 is 9.90 Å². The molecular formula is C11H10N2O2. The van der Waals surface area contributed by atoms with Gasteiger partial charge < -0.3 is 10.1 Å². The summed E-state index contributed by atoms with van der Waals surface area (Å²) in [6.45, 7) is 0. The van der Waals surface area contributed by atoms with Gasteiger partial charge in [0.15, 0.2) is 0 Å². The van der Waals surface area contributed by atoms with Gasteiger partial charge in [-0.15, -0.1) is 0 Å². The molecule has 1 saturated carbocycles. The largest absolute Gasteiger partial charge is 0.478 e. The van der Waals surface area contributed by atoms with E-state index in [2.05, 4.69) is 9.97 Å². The van der Waals surface area contributed by atoms with Crippen LogP contribution in [-0.2, 0) is 0 Å². The van der Waals surface area contributed by atoms with Crippen LogP contribution in [0.25, 0.3) is 11.0 Å². The number of hydrogen-bond acceptors (Lipinski definition) is 2. The fourth-order valence-corrected chi connectivity index (χ4v) is 1.85. The molecule has 1 fully saturated rings. The molecule has 2 aromatic heterocycles. The van der Waals surface area contributed by atoms with E-state index in [4.69, 9.17) is 5.11 Å². The number of nitrogens with one attached hydrogen (secondary N) is 1. The highest BCUT2D eigenvalue weighted by Gasteiger charge is 2.26. The number of carboxylic acids is 1. The summed E-state index contributed by atoms with van der Waals surface area (Å²) in [5, 5.41) is 9.72. The Hall–Kier alpha value is -1.84. The average Bonchev–Trinajstić information content (AvgIpc) is 2.96. The molecule has 1 aliphatic carbocycles. The van der Waals surface area contributed by atoms with E-state index in [0.717, 1.165) is 5.69 Å². The first-order valence-corrected chi connectivity index (χ1v) is 4.96. The quantitative estimate of drug-likeness (QED) is 0.784. The Kier molecular flexibility index (Phi) is 1.59. The van der Waals surface area contributed by atoms with Crippen LogP contribution in [0.15, 0.2) is 18.3 Å². The van der Waals surface area contributed by atoms with E-state index in [0.29, 0.717) is 22.5 Å². The monoisotopic (exact) mass is 202 g/mol. The molecule has 0 saturated heterocycles. The highest BCUT2D eigenvalue weighted by atomic mass is 16.4. The fourth-order valence-electron chi connectivity index (χ4n) is 1.85. The summed E-state index contributed by atoms with van der Waals surface area (Å²) in [5.74, 6) is -0.315. The zero-order valence-corrected chi connectivity index (χ0v) is 8.03. The van der Waals surface area contributed by atoms with Crippen LogP contribution in [-0.4, -0.2) is 21.0 Å². The topological polar surface area (TPSA) is 66.0 Å². The summed E-state index contributed by atoms with van der Waals surface area (Å²) in [7, 11) is 0. The highest BCUT2D eigenvalue weighted by Crippen LogP contribution is 2.40. The van der Waals surface area contributed by atoms with Gasteiger partial charge >= 0.3 is 5.97 Å². The molecule has 0 atom stereocenters. The number of hydrogen-bond donors (Lipinski definition) is 2. The Morgan fingerprint density at radius 2 is 2.33 bits per heavy atom. The number of fused-ring (bicyclic) bond motifs is 1. The molecule has 4 heteroatoms. The Morgan fingerprint density at radius 1 is 1.53 bits per heavy atom. The predicted octanol–water partition coefficient (Wildman–Crippen LogP) is 2.14. The molecule has 15 heavy (non-hydrogen) atoms. The van der Waals surface area contributed by atoms with Crippen molar-refractivity contribution in [1.29, 1.82) is 0 Å². The first-order chi connectivity index (χ1) is 7.25. The lowest BCUT2D eigenvalue weighted by Crippen LogP contribution is -1.96. The second-order valence-corrected chi connectivity index (χ2v) is 3.92. The van der Waals surface area contributed by atoms with Crippen LogP contribution in [0, 0.1) is 0 Å². The number of carboxylic acid groups (broad SMARTS) is 1. The van der Waals surface area contributed by atoms with Crippen LogP contribution < -0.4 is 0 Å². The number of aromatic carboxylic acids is 1. The predicted molar refractivity (Wildman–Crippen MR) is 55.0 cm³/mol. The number of pyridine rings is 1. The zero-order chi connectivity index (χ0) is 10.4. The molecule has 0 aliphatic heterocycles. The second kappa shape index (κ2) is 2.82. The van der Waals surface area contributed by atoms with Gasteiger partial charge in [-0.25, -0.2) is 9.78 Å². The van der Waals surface area contributed by atoms with E-state index >= 15 is 0 Å². The minimum absolute atomic E-state index is 0.322. The summed E-state index contributed by atoms with van der Waals surface area (Å²) in [4.78, 5) is 18.3. The summed E-state index contributed by atoms with van der Waals surface area (Å²) in [6, 6.07) is 3.46. The SMILES string of the molecule is O=C(O)c1ccnc2[nH]c(C3CC3)cc12. The molecule has 0 spiro atoms. The van der Waals surface area contributed by atoms with E-state index in [1.807, 2.05) is 6.07 Å². The van der Waals surface area contributed by atoms with Crippen molar-refractivity contribution in [3.63, 3.8) is 0 Å². The molecule has 0 radical (unpaired) electrons. The fraction of sp³-hybridized carbons (Fsp3) is 0.273.